The van der Waals surface area contributed by atoms with Crippen LogP contribution in [-0.2, 0) is 13.2 Å². The zero-order valence-corrected chi connectivity index (χ0v) is 15.5. The van der Waals surface area contributed by atoms with E-state index in [0.29, 0.717) is 25.4 Å². The van der Waals surface area contributed by atoms with E-state index in [-0.39, 0.29) is 0 Å². The Morgan fingerprint density at radius 2 is 1.75 bits per heavy atom. The summed E-state index contributed by atoms with van der Waals surface area (Å²) in [5.74, 6) is 0.822. The number of nitrogens with zero attached hydrogens (tertiary/aromatic N) is 2. The number of aliphatic imine (C=N–C) groups is 1. The zero-order valence-electron chi connectivity index (χ0n) is 15.5. The predicted octanol–water partition coefficient (Wildman–Crippen LogP) is 3.84. The Kier molecular flexibility index (Phi) is 6.78. The molecular formula is C23H22N4O. The monoisotopic (exact) mass is 370 g/mol. The fraction of sp³-hybridized carbons (Fsp3) is 0.130. The molecule has 0 aliphatic rings. The van der Waals surface area contributed by atoms with Crippen molar-refractivity contribution < 1.29 is 4.74 Å². The lowest BCUT2D eigenvalue weighted by Crippen LogP contribution is -2.14. The van der Waals surface area contributed by atoms with Gasteiger partial charge in [0.05, 0.1) is 24.6 Å². The minimum Gasteiger partial charge on any atom is -0.489 e. The van der Waals surface area contributed by atoms with E-state index in [1.807, 2.05) is 72.8 Å². The van der Waals surface area contributed by atoms with Gasteiger partial charge in [0.1, 0.15) is 12.4 Å². The van der Waals surface area contributed by atoms with Crippen molar-refractivity contribution in [3.8, 4) is 22.9 Å². The number of rotatable bonds is 8. The van der Waals surface area contributed by atoms with Crippen molar-refractivity contribution in [1.82, 2.24) is 5.32 Å². The Morgan fingerprint density at radius 3 is 2.46 bits per heavy atom. The molecule has 0 spiro atoms. The van der Waals surface area contributed by atoms with Gasteiger partial charge in [-0.25, -0.2) is 0 Å². The van der Waals surface area contributed by atoms with E-state index in [2.05, 4.69) is 16.4 Å². The van der Waals surface area contributed by atoms with E-state index >= 15 is 0 Å². The SMILES string of the molecule is N#Cc1ccc(-c2ccc(OCc3ccccc3)cc2)cc1CNC/N=C\N. The summed E-state index contributed by atoms with van der Waals surface area (Å²) in [6.45, 7) is 1.50. The van der Waals surface area contributed by atoms with Crippen molar-refractivity contribution in [2.45, 2.75) is 13.2 Å². The lowest BCUT2D eigenvalue weighted by Gasteiger charge is -2.10. The van der Waals surface area contributed by atoms with Crippen LogP contribution >= 0.6 is 0 Å². The summed E-state index contributed by atoms with van der Waals surface area (Å²) < 4.78 is 5.84. The molecule has 0 saturated heterocycles. The van der Waals surface area contributed by atoms with E-state index in [0.717, 1.165) is 28.0 Å². The summed E-state index contributed by atoms with van der Waals surface area (Å²) in [6.07, 6.45) is 1.26. The van der Waals surface area contributed by atoms with Gasteiger partial charge >= 0.3 is 0 Å². The van der Waals surface area contributed by atoms with Crippen LogP contribution < -0.4 is 15.8 Å². The molecule has 5 heteroatoms. The highest BCUT2D eigenvalue weighted by Crippen LogP contribution is 2.25. The van der Waals surface area contributed by atoms with E-state index in [1.165, 1.54) is 6.34 Å². The maximum atomic E-state index is 9.33. The Morgan fingerprint density at radius 1 is 1.00 bits per heavy atom. The number of nitrogens with two attached hydrogens (primary N) is 1. The van der Waals surface area contributed by atoms with E-state index in [4.69, 9.17) is 10.5 Å². The Balaban J connectivity index is 1.69. The number of nitrogens with one attached hydrogen (secondary N) is 1. The first-order valence-corrected chi connectivity index (χ1v) is 9.01. The summed E-state index contributed by atoms with van der Waals surface area (Å²) in [5.41, 5.74) is 10.1. The topological polar surface area (TPSA) is 83.4 Å². The van der Waals surface area contributed by atoms with Crippen LogP contribution in [0, 0.1) is 11.3 Å². The summed E-state index contributed by atoms with van der Waals surface area (Å²) in [4.78, 5) is 3.92. The van der Waals surface area contributed by atoms with Crippen molar-refractivity contribution >= 4 is 6.34 Å². The Bertz CT molecular complexity index is 960. The van der Waals surface area contributed by atoms with Gasteiger partial charge in [-0.1, -0.05) is 48.5 Å². The fourth-order valence-electron chi connectivity index (χ4n) is 2.82. The summed E-state index contributed by atoms with van der Waals surface area (Å²) in [5, 5.41) is 12.5. The molecular weight excluding hydrogens is 348 g/mol. The number of nitriles is 1. The predicted molar refractivity (Wildman–Crippen MR) is 112 cm³/mol. The van der Waals surface area contributed by atoms with Crippen molar-refractivity contribution in [1.29, 1.82) is 5.26 Å². The highest BCUT2D eigenvalue weighted by Gasteiger charge is 2.06. The van der Waals surface area contributed by atoms with E-state index in [9.17, 15) is 5.26 Å². The highest BCUT2D eigenvalue weighted by atomic mass is 16.5. The standard InChI is InChI=1S/C23H22N4O/c24-13-21-7-6-20(12-22(21)14-26-17-27-16-25)19-8-10-23(11-9-19)28-15-18-4-2-1-3-5-18/h1-12,16,26H,14-15,17H2,(H2,25,27). The molecule has 0 aromatic heterocycles. The van der Waals surface area contributed by atoms with Crippen molar-refractivity contribution in [2.75, 3.05) is 6.67 Å². The molecule has 28 heavy (non-hydrogen) atoms. The first-order chi connectivity index (χ1) is 13.8. The second-order valence-electron chi connectivity index (χ2n) is 6.20. The lowest BCUT2D eigenvalue weighted by atomic mass is 9.99. The summed E-state index contributed by atoms with van der Waals surface area (Å²) in [6, 6.07) is 26.1. The molecule has 0 saturated carbocycles. The molecule has 0 amide bonds. The number of benzene rings is 3. The van der Waals surface area contributed by atoms with Gasteiger partial charge in [-0.05, 0) is 46.5 Å². The van der Waals surface area contributed by atoms with Gasteiger partial charge in [0.2, 0.25) is 0 Å². The number of hydrogen-bond donors (Lipinski definition) is 2. The van der Waals surface area contributed by atoms with Crippen LogP contribution in [0.5, 0.6) is 5.75 Å². The number of ether oxygens (including phenoxy) is 1. The molecule has 0 fully saturated rings. The van der Waals surface area contributed by atoms with E-state index in [1.54, 1.807) is 0 Å². The van der Waals surface area contributed by atoms with Crippen LogP contribution in [0.3, 0.4) is 0 Å². The van der Waals surface area contributed by atoms with Crippen LogP contribution in [0.1, 0.15) is 16.7 Å². The maximum absolute atomic E-state index is 9.33. The summed E-state index contributed by atoms with van der Waals surface area (Å²) >= 11 is 0. The van der Waals surface area contributed by atoms with Gasteiger partial charge in [0, 0.05) is 6.54 Å². The molecule has 0 aliphatic carbocycles. The lowest BCUT2D eigenvalue weighted by molar-refractivity contribution is 0.306. The van der Waals surface area contributed by atoms with Gasteiger partial charge in [-0.15, -0.1) is 0 Å². The zero-order chi connectivity index (χ0) is 19.6. The molecule has 3 aromatic carbocycles. The van der Waals surface area contributed by atoms with Crippen LogP contribution in [0.25, 0.3) is 11.1 Å². The third-order valence-electron chi connectivity index (χ3n) is 4.29. The van der Waals surface area contributed by atoms with Gasteiger partial charge in [-0.3, -0.25) is 10.3 Å². The molecule has 3 rings (SSSR count). The minimum absolute atomic E-state index is 0.416. The van der Waals surface area contributed by atoms with Crippen molar-refractivity contribution in [3.63, 3.8) is 0 Å². The molecule has 140 valence electrons. The highest BCUT2D eigenvalue weighted by molar-refractivity contribution is 5.66. The molecule has 3 aromatic rings. The first kappa shape index (κ1) is 19.2. The van der Waals surface area contributed by atoms with Gasteiger partial charge in [-0.2, -0.15) is 5.26 Å². The molecule has 5 nitrogen and oxygen atoms in total. The third-order valence-corrected chi connectivity index (χ3v) is 4.29. The molecule has 0 bridgehead atoms. The van der Waals surface area contributed by atoms with Crippen LogP contribution in [-0.4, -0.2) is 13.0 Å². The maximum Gasteiger partial charge on any atom is 0.119 e. The first-order valence-electron chi connectivity index (χ1n) is 9.01. The normalized spacial score (nSPS) is 10.7. The Labute approximate surface area is 165 Å². The van der Waals surface area contributed by atoms with Gasteiger partial charge in [0.15, 0.2) is 0 Å². The molecule has 0 heterocycles. The third kappa shape index (κ3) is 5.19. The largest absolute Gasteiger partial charge is 0.489 e. The fourth-order valence-corrected chi connectivity index (χ4v) is 2.82. The van der Waals surface area contributed by atoms with Gasteiger partial charge in [0.25, 0.3) is 0 Å². The summed E-state index contributed by atoms with van der Waals surface area (Å²) in [7, 11) is 0. The van der Waals surface area contributed by atoms with E-state index < -0.39 is 0 Å². The van der Waals surface area contributed by atoms with Crippen LogP contribution in [0.4, 0.5) is 0 Å². The quantitative estimate of drug-likeness (QED) is 0.358. The van der Waals surface area contributed by atoms with Gasteiger partial charge < -0.3 is 10.5 Å². The van der Waals surface area contributed by atoms with Crippen LogP contribution in [0.2, 0.25) is 0 Å². The average Bonchev–Trinajstić information content (AvgIpc) is 2.76. The smallest absolute Gasteiger partial charge is 0.119 e. The molecule has 3 N–H and O–H groups in total. The second kappa shape index (κ2) is 9.91. The average molecular weight is 370 g/mol. The molecule has 0 aliphatic heterocycles. The second-order valence-corrected chi connectivity index (χ2v) is 6.20. The molecule has 0 radical (unpaired) electrons. The molecule has 0 unspecified atom stereocenters. The van der Waals surface area contributed by atoms with Crippen molar-refractivity contribution in [2.24, 2.45) is 10.7 Å². The van der Waals surface area contributed by atoms with Crippen LogP contribution in [0.15, 0.2) is 77.8 Å². The molecule has 0 atom stereocenters. The Hall–Kier alpha value is -3.62. The van der Waals surface area contributed by atoms with Crippen molar-refractivity contribution in [3.05, 3.63) is 89.5 Å². The minimum atomic E-state index is 0.416. The number of hydrogen-bond acceptors (Lipinski definition) is 4.